The van der Waals surface area contributed by atoms with Gasteiger partial charge in [0.2, 0.25) is 5.91 Å². The molecular formula is C16H20N4O5S. The summed E-state index contributed by atoms with van der Waals surface area (Å²) < 4.78 is 16.1. The van der Waals surface area contributed by atoms with Crippen molar-refractivity contribution in [2.45, 2.75) is 24.3 Å². The minimum atomic E-state index is -0.907. The van der Waals surface area contributed by atoms with Crippen LogP contribution >= 0.6 is 11.8 Å². The van der Waals surface area contributed by atoms with Crippen molar-refractivity contribution in [2.75, 3.05) is 14.2 Å². The van der Waals surface area contributed by atoms with Gasteiger partial charge in [-0.25, -0.2) is 4.79 Å². The molecule has 1 atom stereocenters. The maximum atomic E-state index is 12.1. The Bertz CT molecular complexity index is 793. The van der Waals surface area contributed by atoms with Gasteiger partial charge in [0.25, 0.3) is 11.1 Å². The van der Waals surface area contributed by atoms with Gasteiger partial charge in [-0.2, -0.15) is 0 Å². The molecule has 9 nitrogen and oxygen atoms in total. The lowest BCUT2D eigenvalue weighted by Gasteiger charge is -2.16. The van der Waals surface area contributed by atoms with Crippen LogP contribution in [0.25, 0.3) is 11.5 Å². The van der Waals surface area contributed by atoms with E-state index in [0.29, 0.717) is 17.1 Å². The highest BCUT2D eigenvalue weighted by atomic mass is 32.2. The summed E-state index contributed by atoms with van der Waals surface area (Å²) in [5.74, 6) is 0.772. The Labute approximate surface area is 154 Å². The van der Waals surface area contributed by atoms with Crippen LogP contribution in [0, 0.1) is 5.92 Å². The number of nitrogens with zero attached hydrogens (tertiary/aromatic N) is 2. The maximum Gasteiger partial charge on any atom is 0.318 e. The predicted octanol–water partition coefficient (Wildman–Crippen LogP) is 2.07. The Kier molecular flexibility index (Phi) is 6.45. The summed E-state index contributed by atoms with van der Waals surface area (Å²) in [5.41, 5.74) is 5.60. The second-order valence-corrected chi connectivity index (χ2v) is 6.67. The van der Waals surface area contributed by atoms with E-state index in [4.69, 9.17) is 19.6 Å². The first-order chi connectivity index (χ1) is 12.3. The normalized spacial score (nSPS) is 11.9. The lowest BCUT2D eigenvalue weighted by molar-refractivity contribution is -0.120. The number of benzene rings is 1. The number of urea groups is 1. The summed E-state index contributed by atoms with van der Waals surface area (Å²) >= 11 is 1.06. The van der Waals surface area contributed by atoms with Crippen molar-refractivity contribution in [2.24, 2.45) is 11.7 Å². The van der Waals surface area contributed by atoms with Gasteiger partial charge in [0.15, 0.2) is 0 Å². The Morgan fingerprint density at radius 3 is 2.54 bits per heavy atom. The molecule has 3 N–H and O–H groups in total. The molecule has 0 aliphatic carbocycles. The average Bonchev–Trinajstić information content (AvgIpc) is 3.06. The van der Waals surface area contributed by atoms with Gasteiger partial charge in [-0.3, -0.25) is 10.1 Å². The predicted molar refractivity (Wildman–Crippen MR) is 95.0 cm³/mol. The molecule has 1 heterocycles. The second kappa shape index (κ2) is 8.56. The molecule has 2 aromatic rings. The van der Waals surface area contributed by atoms with E-state index in [2.05, 4.69) is 15.5 Å². The molecule has 3 amide bonds. The number of aromatic nitrogens is 2. The van der Waals surface area contributed by atoms with Gasteiger partial charge in [-0.1, -0.05) is 25.6 Å². The topological polar surface area (TPSA) is 130 Å². The zero-order chi connectivity index (χ0) is 19.3. The molecule has 2 rings (SSSR count). The van der Waals surface area contributed by atoms with E-state index in [1.807, 2.05) is 13.8 Å². The van der Waals surface area contributed by atoms with E-state index >= 15 is 0 Å². The number of nitrogens with one attached hydrogen (secondary N) is 1. The molecule has 0 aliphatic rings. The zero-order valence-electron chi connectivity index (χ0n) is 14.8. The van der Waals surface area contributed by atoms with Crippen LogP contribution in [-0.4, -0.2) is 41.6 Å². The van der Waals surface area contributed by atoms with Crippen molar-refractivity contribution in [1.82, 2.24) is 15.5 Å². The van der Waals surface area contributed by atoms with Crippen molar-refractivity contribution in [1.29, 1.82) is 0 Å². The molecule has 0 spiro atoms. The van der Waals surface area contributed by atoms with E-state index in [-0.39, 0.29) is 17.0 Å². The molecule has 0 fully saturated rings. The number of carbonyl (C=O) groups is 2. The Morgan fingerprint density at radius 1 is 1.23 bits per heavy atom. The molecule has 0 bridgehead atoms. The zero-order valence-corrected chi connectivity index (χ0v) is 15.6. The highest BCUT2D eigenvalue weighted by Gasteiger charge is 2.27. The molecule has 0 saturated heterocycles. The van der Waals surface area contributed by atoms with Gasteiger partial charge in [0.05, 0.1) is 25.0 Å². The summed E-state index contributed by atoms with van der Waals surface area (Å²) in [6.45, 7) is 3.67. The summed E-state index contributed by atoms with van der Waals surface area (Å²) in [6, 6.07) is 4.27. The number of carbonyl (C=O) groups excluding carboxylic acids is 2. The minimum absolute atomic E-state index is 0.0924. The fourth-order valence-corrected chi connectivity index (χ4v) is 3.01. The number of hydrogen-bond donors (Lipinski definition) is 2. The smallest absolute Gasteiger partial charge is 0.318 e. The van der Waals surface area contributed by atoms with Crippen molar-refractivity contribution >= 4 is 23.7 Å². The molecular weight excluding hydrogens is 360 g/mol. The van der Waals surface area contributed by atoms with E-state index in [1.54, 1.807) is 25.3 Å². The number of primary amides is 1. The number of ether oxygens (including phenoxy) is 2. The van der Waals surface area contributed by atoms with Crippen molar-refractivity contribution in [3.63, 3.8) is 0 Å². The summed E-state index contributed by atoms with van der Waals surface area (Å²) in [5, 5.41) is 9.60. The van der Waals surface area contributed by atoms with E-state index < -0.39 is 17.2 Å². The third kappa shape index (κ3) is 4.66. The number of imide groups is 1. The fourth-order valence-electron chi connectivity index (χ4n) is 2.13. The van der Waals surface area contributed by atoms with Crippen LogP contribution in [0.3, 0.4) is 0 Å². The van der Waals surface area contributed by atoms with Gasteiger partial charge in [0, 0.05) is 6.07 Å². The molecule has 140 valence electrons. The highest BCUT2D eigenvalue weighted by molar-refractivity contribution is 8.00. The Balaban J connectivity index is 2.23. The number of amides is 3. The van der Waals surface area contributed by atoms with Crippen LogP contribution in [0.1, 0.15) is 13.8 Å². The monoisotopic (exact) mass is 380 g/mol. The van der Waals surface area contributed by atoms with Crippen LogP contribution in [-0.2, 0) is 4.79 Å². The maximum absolute atomic E-state index is 12.1. The molecule has 0 aliphatic heterocycles. The van der Waals surface area contributed by atoms with E-state index in [1.165, 1.54) is 7.11 Å². The summed E-state index contributed by atoms with van der Waals surface area (Å²) in [7, 11) is 3.08. The first-order valence-corrected chi connectivity index (χ1v) is 8.56. The molecule has 0 saturated carbocycles. The largest absolute Gasteiger partial charge is 0.497 e. The Hall–Kier alpha value is -2.75. The number of methoxy groups -OCH3 is 2. The average molecular weight is 380 g/mol. The molecule has 1 aromatic heterocycles. The third-order valence-electron chi connectivity index (χ3n) is 3.38. The number of nitrogens with two attached hydrogens (primary N) is 1. The van der Waals surface area contributed by atoms with Crippen LogP contribution in [0.2, 0.25) is 0 Å². The lowest BCUT2D eigenvalue weighted by atomic mass is 10.1. The Morgan fingerprint density at radius 2 is 1.96 bits per heavy atom. The summed E-state index contributed by atoms with van der Waals surface area (Å²) in [4.78, 5) is 23.0. The molecule has 10 heteroatoms. The highest BCUT2D eigenvalue weighted by Crippen LogP contribution is 2.35. The van der Waals surface area contributed by atoms with Crippen molar-refractivity contribution in [3.05, 3.63) is 18.2 Å². The van der Waals surface area contributed by atoms with Crippen LogP contribution < -0.4 is 20.5 Å². The van der Waals surface area contributed by atoms with Gasteiger partial charge in [-0.05, 0) is 18.1 Å². The van der Waals surface area contributed by atoms with Crippen LogP contribution in [0.15, 0.2) is 27.8 Å². The SMILES string of the molecule is COc1ccc(-c2nnc(SC(C(=O)NC(N)=O)C(C)C)o2)c(OC)c1. The fraction of sp³-hybridized carbons (Fsp3) is 0.375. The van der Waals surface area contributed by atoms with Crippen molar-refractivity contribution in [3.8, 4) is 23.0 Å². The van der Waals surface area contributed by atoms with Gasteiger partial charge >= 0.3 is 6.03 Å². The van der Waals surface area contributed by atoms with Gasteiger partial charge in [-0.15, -0.1) is 10.2 Å². The third-order valence-corrected chi connectivity index (χ3v) is 4.76. The number of hydrogen-bond acceptors (Lipinski definition) is 8. The standard InChI is InChI=1S/C16H20N4O5S/c1-8(2)12(13(21)18-15(17)22)26-16-20-19-14(25-16)10-6-5-9(23-3)7-11(10)24-4/h5-8,12H,1-4H3,(H3,17,18,21,22). The molecule has 0 radical (unpaired) electrons. The molecule has 1 aromatic carbocycles. The van der Waals surface area contributed by atoms with Crippen LogP contribution in [0.5, 0.6) is 11.5 Å². The number of rotatable bonds is 7. The molecule has 1 unspecified atom stereocenters. The van der Waals surface area contributed by atoms with E-state index in [0.717, 1.165) is 11.8 Å². The van der Waals surface area contributed by atoms with Crippen molar-refractivity contribution < 1.29 is 23.5 Å². The van der Waals surface area contributed by atoms with Crippen LogP contribution in [0.4, 0.5) is 4.79 Å². The lowest BCUT2D eigenvalue weighted by Crippen LogP contribution is -2.42. The summed E-state index contributed by atoms with van der Waals surface area (Å²) in [6.07, 6.45) is 0. The van der Waals surface area contributed by atoms with Gasteiger partial charge in [0.1, 0.15) is 11.5 Å². The minimum Gasteiger partial charge on any atom is -0.497 e. The van der Waals surface area contributed by atoms with E-state index in [9.17, 15) is 9.59 Å². The van der Waals surface area contributed by atoms with Gasteiger partial charge < -0.3 is 19.6 Å². The first-order valence-electron chi connectivity index (χ1n) is 7.68. The quantitative estimate of drug-likeness (QED) is 0.698. The first kappa shape index (κ1) is 19.6. The molecule has 26 heavy (non-hydrogen) atoms. The number of thioether (sulfide) groups is 1. The second-order valence-electron chi connectivity index (χ2n) is 5.58.